The van der Waals surface area contributed by atoms with Gasteiger partial charge in [0.15, 0.2) is 0 Å². The first kappa shape index (κ1) is 17.8. The smallest absolute Gasteiger partial charge is 0.233 e. The van der Waals surface area contributed by atoms with E-state index in [-0.39, 0.29) is 29.6 Å². The van der Waals surface area contributed by atoms with Gasteiger partial charge in [-0.3, -0.25) is 4.79 Å². The van der Waals surface area contributed by atoms with Crippen molar-refractivity contribution in [1.82, 2.24) is 5.32 Å². The lowest BCUT2D eigenvalue weighted by Crippen LogP contribution is -2.41. The van der Waals surface area contributed by atoms with Crippen LogP contribution in [0.15, 0.2) is 33.6 Å². The number of hydrogen-bond acceptors (Lipinski definition) is 3. The lowest BCUT2D eigenvalue weighted by Gasteiger charge is -2.15. The predicted molar refractivity (Wildman–Crippen MR) is 83.4 cm³/mol. The van der Waals surface area contributed by atoms with Gasteiger partial charge in [-0.2, -0.15) is 0 Å². The van der Waals surface area contributed by atoms with Crippen molar-refractivity contribution in [2.45, 2.75) is 30.0 Å². The van der Waals surface area contributed by atoms with Gasteiger partial charge < -0.3 is 11.1 Å². The zero-order valence-corrected chi connectivity index (χ0v) is 13.6. The minimum absolute atomic E-state index is 0. The molecule has 0 heterocycles. The molecule has 0 aliphatic heterocycles. The number of hydrogen-bond donors (Lipinski definition) is 2. The highest BCUT2D eigenvalue weighted by Gasteiger charge is 2.15. The molecule has 0 spiro atoms. The number of thioether (sulfide) groups is 1. The average molecular weight is 354 g/mol. The van der Waals surface area contributed by atoms with E-state index in [0.717, 1.165) is 9.37 Å². The molecule has 2 atom stereocenters. The number of carbonyl (C=O) groups is 1. The lowest BCUT2D eigenvalue weighted by molar-refractivity contribution is -0.120. The molecule has 0 radical (unpaired) electrons. The highest BCUT2D eigenvalue weighted by molar-refractivity contribution is 9.10. The highest BCUT2D eigenvalue weighted by atomic mass is 79.9. The maximum absolute atomic E-state index is 11.8. The van der Waals surface area contributed by atoms with E-state index in [1.165, 1.54) is 11.8 Å². The van der Waals surface area contributed by atoms with Crippen molar-refractivity contribution in [2.75, 3.05) is 6.54 Å². The maximum atomic E-state index is 11.8. The SMILES string of the molecule is CC(Sc1ccc(Br)cc1)C(=O)N[C@@H](C)CN.Cl. The fraction of sp³-hybridized carbons (Fsp3) is 0.417. The van der Waals surface area contributed by atoms with Crippen LogP contribution in [0.1, 0.15) is 13.8 Å². The second-order valence-corrected chi connectivity index (χ2v) is 6.19. The topological polar surface area (TPSA) is 55.1 Å². The van der Waals surface area contributed by atoms with Gasteiger partial charge >= 0.3 is 0 Å². The van der Waals surface area contributed by atoms with E-state index >= 15 is 0 Å². The van der Waals surface area contributed by atoms with Crippen molar-refractivity contribution >= 4 is 46.0 Å². The maximum Gasteiger partial charge on any atom is 0.233 e. The third kappa shape index (κ3) is 6.09. The molecule has 0 saturated heterocycles. The summed E-state index contributed by atoms with van der Waals surface area (Å²) in [6.07, 6.45) is 0. The number of nitrogens with one attached hydrogen (secondary N) is 1. The van der Waals surface area contributed by atoms with Crippen molar-refractivity contribution in [2.24, 2.45) is 5.73 Å². The summed E-state index contributed by atoms with van der Waals surface area (Å²) in [5.41, 5.74) is 5.46. The van der Waals surface area contributed by atoms with Crippen molar-refractivity contribution in [3.8, 4) is 0 Å². The van der Waals surface area contributed by atoms with E-state index < -0.39 is 0 Å². The van der Waals surface area contributed by atoms with Crippen molar-refractivity contribution in [3.63, 3.8) is 0 Å². The van der Waals surface area contributed by atoms with Crippen LogP contribution in [0.25, 0.3) is 0 Å². The summed E-state index contributed by atoms with van der Waals surface area (Å²) in [7, 11) is 0. The molecule has 0 aromatic heterocycles. The Labute approximate surface area is 127 Å². The Bertz CT molecular complexity index is 375. The molecule has 1 aromatic carbocycles. The van der Waals surface area contributed by atoms with Crippen LogP contribution in [0.3, 0.4) is 0 Å². The zero-order chi connectivity index (χ0) is 12.8. The van der Waals surface area contributed by atoms with E-state index in [4.69, 9.17) is 5.73 Å². The minimum atomic E-state index is -0.120. The molecule has 6 heteroatoms. The molecule has 0 bridgehead atoms. The van der Waals surface area contributed by atoms with Gasteiger partial charge in [0.05, 0.1) is 5.25 Å². The first-order valence-corrected chi connectivity index (χ1v) is 7.13. The second kappa shape index (κ2) is 8.80. The third-order valence-electron chi connectivity index (χ3n) is 2.24. The molecule has 0 aliphatic rings. The van der Waals surface area contributed by atoms with Crippen LogP contribution in [-0.4, -0.2) is 23.7 Å². The summed E-state index contributed by atoms with van der Waals surface area (Å²) in [4.78, 5) is 12.9. The number of benzene rings is 1. The number of halogens is 2. The molecule has 1 amide bonds. The number of carbonyl (C=O) groups excluding carboxylic acids is 1. The van der Waals surface area contributed by atoms with E-state index in [9.17, 15) is 4.79 Å². The summed E-state index contributed by atoms with van der Waals surface area (Å²) in [5.74, 6) is 0.0240. The molecular weight excluding hydrogens is 336 g/mol. The summed E-state index contributed by atoms with van der Waals surface area (Å²) in [6.45, 7) is 4.25. The molecule has 3 nitrogen and oxygen atoms in total. The van der Waals surface area contributed by atoms with Crippen LogP contribution in [0.4, 0.5) is 0 Å². The second-order valence-electron chi connectivity index (χ2n) is 3.86. The Kier molecular flexibility index (Phi) is 8.69. The molecule has 0 aliphatic carbocycles. The van der Waals surface area contributed by atoms with E-state index in [1.54, 1.807) is 0 Å². The molecule has 1 rings (SSSR count). The fourth-order valence-electron chi connectivity index (χ4n) is 1.19. The van der Waals surface area contributed by atoms with Crippen LogP contribution in [0.5, 0.6) is 0 Å². The molecule has 1 unspecified atom stereocenters. The Hall–Kier alpha value is -0.230. The Morgan fingerprint density at radius 2 is 1.94 bits per heavy atom. The highest BCUT2D eigenvalue weighted by Crippen LogP contribution is 2.24. The predicted octanol–water partition coefficient (Wildman–Crippen LogP) is 2.81. The lowest BCUT2D eigenvalue weighted by atomic mass is 10.3. The van der Waals surface area contributed by atoms with E-state index in [2.05, 4.69) is 21.2 Å². The van der Waals surface area contributed by atoms with Gasteiger partial charge in [-0.1, -0.05) is 15.9 Å². The van der Waals surface area contributed by atoms with Crippen LogP contribution in [0.2, 0.25) is 0 Å². The van der Waals surface area contributed by atoms with Gasteiger partial charge in [0.1, 0.15) is 0 Å². The van der Waals surface area contributed by atoms with Gasteiger partial charge in [-0.15, -0.1) is 24.2 Å². The number of rotatable bonds is 5. The monoisotopic (exact) mass is 352 g/mol. The number of nitrogens with two attached hydrogens (primary N) is 1. The van der Waals surface area contributed by atoms with Crippen molar-refractivity contribution in [1.29, 1.82) is 0 Å². The van der Waals surface area contributed by atoms with Crippen LogP contribution in [-0.2, 0) is 4.79 Å². The molecular formula is C12H18BrClN2OS. The Balaban J connectivity index is 0.00000289. The van der Waals surface area contributed by atoms with Gasteiger partial charge in [-0.25, -0.2) is 0 Å². The molecule has 0 fully saturated rings. The summed E-state index contributed by atoms with van der Waals surface area (Å²) >= 11 is 4.92. The molecule has 0 saturated carbocycles. The van der Waals surface area contributed by atoms with Gasteiger partial charge in [0.25, 0.3) is 0 Å². The van der Waals surface area contributed by atoms with Gasteiger partial charge in [0, 0.05) is 22.0 Å². The van der Waals surface area contributed by atoms with E-state index in [1.807, 2.05) is 38.1 Å². The summed E-state index contributed by atoms with van der Waals surface area (Å²) < 4.78 is 1.04. The molecule has 3 N–H and O–H groups in total. The van der Waals surface area contributed by atoms with Crippen molar-refractivity contribution in [3.05, 3.63) is 28.7 Å². The van der Waals surface area contributed by atoms with Crippen LogP contribution < -0.4 is 11.1 Å². The van der Waals surface area contributed by atoms with Crippen LogP contribution >= 0.6 is 40.1 Å². The Morgan fingerprint density at radius 1 is 1.39 bits per heavy atom. The standard InChI is InChI=1S/C12H17BrN2OS.ClH/c1-8(7-14)15-12(16)9(2)17-11-5-3-10(13)4-6-11;/h3-6,8-9H,7,14H2,1-2H3,(H,15,16);1H/t8-,9?;/m0./s1. The van der Waals surface area contributed by atoms with Gasteiger partial charge in [-0.05, 0) is 38.1 Å². The van der Waals surface area contributed by atoms with Crippen molar-refractivity contribution < 1.29 is 4.79 Å². The fourth-order valence-corrected chi connectivity index (χ4v) is 2.33. The number of amides is 1. The average Bonchev–Trinajstić information content (AvgIpc) is 2.31. The molecule has 102 valence electrons. The minimum Gasteiger partial charge on any atom is -0.351 e. The van der Waals surface area contributed by atoms with E-state index in [0.29, 0.717) is 6.54 Å². The first-order valence-electron chi connectivity index (χ1n) is 5.45. The zero-order valence-electron chi connectivity index (χ0n) is 10.4. The quantitative estimate of drug-likeness (QED) is 0.800. The molecule has 1 aromatic rings. The largest absolute Gasteiger partial charge is 0.351 e. The molecule has 18 heavy (non-hydrogen) atoms. The van der Waals surface area contributed by atoms with Crippen LogP contribution in [0, 0.1) is 0 Å². The third-order valence-corrected chi connectivity index (χ3v) is 3.88. The summed E-state index contributed by atoms with van der Waals surface area (Å²) in [5, 5.41) is 2.75. The Morgan fingerprint density at radius 3 is 2.44 bits per heavy atom. The summed E-state index contributed by atoms with van der Waals surface area (Å²) in [6, 6.07) is 7.94. The van der Waals surface area contributed by atoms with Gasteiger partial charge in [0.2, 0.25) is 5.91 Å². The normalized spacial score (nSPS) is 13.3. The first-order chi connectivity index (χ1) is 8.02.